The van der Waals surface area contributed by atoms with Crippen molar-refractivity contribution in [2.75, 3.05) is 51.9 Å². The quantitative estimate of drug-likeness (QED) is 0.392. The highest BCUT2D eigenvalue weighted by Crippen LogP contribution is 2.30. The number of rotatable bonds is 8. The lowest BCUT2D eigenvalue weighted by Crippen LogP contribution is -2.49. The van der Waals surface area contributed by atoms with Crippen LogP contribution in [0.2, 0.25) is 0 Å². The summed E-state index contributed by atoms with van der Waals surface area (Å²) in [4.78, 5) is 21.2. The minimum Gasteiger partial charge on any atom is -0.497 e. The summed E-state index contributed by atoms with van der Waals surface area (Å²) in [6.07, 6.45) is 0. The van der Waals surface area contributed by atoms with Gasteiger partial charge in [-0.15, -0.1) is 5.10 Å². The molecule has 1 unspecified atom stereocenters. The van der Waals surface area contributed by atoms with Crippen LogP contribution >= 0.6 is 0 Å². The van der Waals surface area contributed by atoms with Crippen LogP contribution in [0.5, 0.6) is 5.75 Å². The van der Waals surface area contributed by atoms with Gasteiger partial charge in [0.2, 0.25) is 0 Å². The van der Waals surface area contributed by atoms with Gasteiger partial charge < -0.3 is 19.4 Å². The average Bonchev–Trinajstić information content (AvgIpc) is 3.37. The number of hydrogen-bond donors (Lipinski definition) is 1. The van der Waals surface area contributed by atoms with E-state index in [1.807, 2.05) is 24.3 Å². The molecule has 2 aromatic heterocycles. The summed E-state index contributed by atoms with van der Waals surface area (Å²) in [7, 11) is 3.28. The van der Waals surface area contributed by atoms with Crippen LogP contribution in [0.3, 0.4) is 0 Å². The molecule has 10 nitrogen and oxygen atoms in total. The Hall–Kier alpha value is -3.76. The molecule has 0 bridgehead atoms. The summed E-state index contributed by atoms with van der Waals surface area (Å²) in [6.45, 7) is 8.41. The van der Waals surface area contributed by atoms with Gasteiger partial charge in [0.25, 0.3) is 5.56 Å². The number of nitrogens with one attached hydrogen (secondary N) is 1. The molecular formula is C27H33N7O3. The zero-order valence-electron chi connectivity index (χ0n) is 21.8. The molecule has 1 fully saturated rings. The first-order valence-electron chi connectivity index (χ1n) is 12.5. The molecule has 1 N–H and O–H groups in total. The highest BCUT2D eigenvalue weighted by atomic mass is 16.5. The lowest BCUT2D eigenvalue weighted by Gasteiger charge is -2.40. The molecule has 37 heavy (non-hydrogen) atoms. The van der Waals surface area contributed by atoms with E-state index in [0.29, 0.717) is 24.5 Å². The Morgan fingerprint density at radius 3 is 2.59 bits per heavy atom. The molecule has 0 radical (unpaired) electrons. The Labute approximate surface area is 215 Å². The smallest absolute Gasteiger partial charge is 0.253 e. The summed E-state index contributed by atoms with van der Waals surface area (Å²) < 4.78 is 12.4. The van der Waals surface area contributed by atoms with Gasteiger partial charge in [0.15, 0.2) is 5.82 Å². The average molecular weight is 504 g/mol. The first-order chi connectivity index (χ1) is 18.0. The number of methoxy groups -OCH3 is 2. The van der Waals surface area contributed by atoms with Crippen LogP contribution in [0, 0.1) is 13.8 Å². The first kappa shape index (κ1) is 24.9. The van der Waals surface area contributed by atoms with Crippen molar-refractivity contribution in [3.05, 3.63) is 75.3 Å². The molecule has 4 aromatic rings. The van der Waals surface area contributed by atoms with E-state index in [1.54, 1.807) is 18.9 Å². The topological polar surface area (TPSA) is 101 Å². The number of aromatic amines is 1. The molecule has 1 aliphatic heterocycles. The number of ether oxygens (including phenoxy) is 2. The van der Waals surface area contributed by atoms with Crippen LogP contribution in [0.4, 0.5) is 5.69 Å². The first-order valence-corrected chi connectivity index (χ1v) is 12.5. The lowest BCUT2D eigenvalue weighted by atomic mass is 10.0. The van der Waals surface area contributed by atoms with Crippen LogP contribution in [-0.2, 0) is 11.3 Å². The molecule has 1 saturated heterocycles. The molecule has 0 saturated carbocycles. The summed E-state index contributed by atoms with van der Waals surface area (Å²) in [5.41, 5.74) is 4.98. The second-order valence-corrected chi connectivity index (χ2v) is 9.48. The van der Waals surface area contributed by atoms with Gasteiger partial charge in [0.05, 0.1) is 20.3 Å². The maximum absolute atomic E-state index is 13.4. The summed E-state index contributed by atoms with van der Waals surface area (Å²) in [5.74, 6) is 1.36. The highest BCUT2D eigenvalue weighted by molar-refractivity contribution is 5.80. The van der Waals surface area contributed by atoms with Gasteiger partial charge in [-0.3, -0.25) is 9.69 Å². The van der Waals surface area contributed by atoms with Gasteiger partial charge in [-0.25, -0.2) is 4.68 Å². The van der Waals surface area contributed by atoms with E-state index in [1.165, 1.54) is 16.8 Å². The van der Waals surface area contributed by atoms with Crippen molar-refractivity contribution in [2.24, 2.45) is 0 Å². The molecule has 5 rings (SSSR count). The molecule has 1 atom stereocenters. The molecule has 0 spiro atoms. The molecule has 0 amide bonds. The Morgan fingerprint density at radius 1 is 1.03 bits per heavy atom. The lowest BCUT2D eigenvalue weighted by molar-refractivity contribution is 0.171. The SMILES string of the molecule is COCCn1nnnc1C(c1cc2cc(OC)ccc2[nH]c1=O)N1CCN(c2cc(C)ccc2C)CC1. The Morgan fingerprint density at radius 2 is 1.84 bits per heavy atom. The van der Waals surface area contributed by atoms with Gasteiger partial charge in [0.1, 0.15) is 11.8 Å². The van der Waals surface area contributed by atoms with Crippen molar-refractivity contribution in [2.45, 2.75) is 26.4 Å². The van der Waals surface area contributed by atoms with E-state index >= 15 is 0 Å². The number of aryl methyl sites for hydroxylation is 2. The van der Waals surface area contributed by atoms with Crippen molar-refractivity contribution >= 4 is 16.6 Å². The zero-order chi connectivity index (χ0) is 25.9. The molecular weight excluding hydrogens is 470 g/mol. The molecule has 2 aromatic carbocycles. The van der Waals surface area contributed by atoms with E-state index in [9.17, 15) is 4.79 Å². The van der Waals surface area contributed by atoms with Crippen LogP contribution in [0.15, 0.2) is 47.3 Å². The molecule has 194 valence electrons. The predicted molar refractivity (Wildman–Crippen MR) is 142 cm³/mol. The monoisotopic (exact) mass is 503 g/mol. The van der Waals surface area contributed by atoms with Crippen molar-refractivity contribution < 1.29 is 9.47 Å². The highest BCUT2D eigenvalue weighted by Gasteiger charge is 2.33. The third-order valence-electron chi connectivity index (χ3n) is 7.07. The minimum atomic E-state index is -0.410. The number of pyridine rings is 1. The fourth-order valence-electron chi connectivity index (χ4n) is 5.06. The largest absolute Gasteiger partial charge is 0.497 e. The van der Waals surface area contributed by atoms with Gasteiger partial charge in [-0.1, -0.05) is 12.1 Å². The summed E-state index contributed by atoms with van der Waals surface area (Å²) in [6, 6.07) is 13.7. The third kappa shape index (κ3) is 5.07. The van der Waals surface area contributed by atoms with E-state index in [0.717, 1.165) is 42.8 Å². The number of aromatic nitrogens is 5. The molecule has 3 heterocycles. The number of fused-ring (bicyclic) bond motifs is 1. The maximum Gasteiger partial charge on any atom is 0.253 e. The normalized spacial score (nSPS) is 15.3. The molecule has 0 aliphatic carbocycles. The zero-order valence-corrected chi connectivity index (χ0v) is 21.8. The van der Waals surface area contributed by atoms with E-state index in [4.69, 9.17) is 9.47 Å². The van der Waals surface area contributed by atoms with Crippen molar-refractivity contribution in [1.82, 2.24) is 30.1 Å². The maximum atomic E-state index is 13.4. The second-order valence-electron chi connectivity index (χ2n) is 9.48. The number of benzene rings is 2. The van der Waals surface area contributed by atoms with Crippen LogP contribution in [0.25, 0.3) is 10.9 Å². The predicted octanol–water partition coefficient (Wildman–Crippen LogP) is 2.70. The molecule has 1 aliphatic rings. The van der Waals surface area contributed by atoms with Crippen LogP contribution in [0.1, 0.15) is 28.6 Å². The number of nitrogens with zero attached hydrogens (tertiary/aromatic N) is 6. The summed E-state index contributed by atoms with van der Waals surface area (Å²) in [5, 5.41) is 13.4. The fraction of sp³-hybridized carbons (Fsp3) is 0.407. The Bertz CT molecular complexity index is 1440. The number of tetrazole rings is 1. The van der Waals surface area contributed by atoms with E-state index in [-0.39, 0.29) is 5.56 Å². The molecule has 10 heteroatoms. The summed E-state index contributed by atoms with van der Waals surface area (Å²) >= 11 is 0. The minimum absolute atomic E-state index is 0.152. The van der Waals surface area contributed by atoms with Crippen LogP contribution in [-0.4, -0.2) is 77.1 Å². The van der Waals surface area contributed by atoms with E-state index in [2.05, 4.69) is 62.4 Å². The number of H-pyrrole nitrogens is 1. The van der Waals surface area contributed by atoms with Crippen LogP contribution < -0.4 is 15.2 Å². The van der Waals surface area contributed by atoms with E-state index < -0.39 is 6.04 Å². The number of anilines is 1. The number of hydrogen-bond acceptors (Lipinski definition) is 8. The van der Waals surface area contributed by atoms with Gasteiger partial charge in [-0.05, 0) is 65.7 Å². The standard InChI is InChI=1S/C27H33N7O3/c1-18-5-6-19(2)24(15-18)32-9-11-33(12-10-32)25(26-29-30-31-34(26)13-14-36-3)22-17-20-16-21(37-4)7-8-23(20)28-27(22)35/h5-8,15-17,25H,9-14H2,1-4H3,(H,28,35). The third-order valence-corrected chi connectivity index (χ3v) is 7.07. The van der Waals surface area contributed by atoms with Crippen molar-refractivity contribution in [3.8, 4) is 5.75 Å². The Kier molecular flexibility index (Phi) is 7.20. The van der Waals surface area contributed by atoms with Gasteiger partial charge >= 0.3 is 0 Å². The fourth-order valence-corrected chi connectivity index (χ4v) is 5.06. The van der Waals surface area contributed by atoms with Crippen molar-refractivity contribution in [3.63, 3.8) is 0 Å². The number of piperazine rings is 1. The Balaban J connectivity index is 1.53. The second kappa shape index (κ2) is 10.7. The van der Waals surface area contributed by atoms with Gasteiger partial charge in [-0.2, -0.15) is 0 Å². The van der Waals surface area contributed by atoms with Gasteiger partial charge in [0, 0.05) is 55.4 Å². The van der Waals surface area contributed by atoms with Crippen molar-refractivity contribution in [1.29, 1.82) is 0 Å².